The minimum absolute atomic E-state index is 1.20. The Kier molecular flexibility index (Phi) is 6.57. The van der Waals surface area contributed by atoms with Crippen molar-refractivity contribution >= 4 is 0 Å². The predicted molar refractivity (Wildman–Crippen MR) is 81.7 cm³/mol. The van der Waals surface area contributed by atoms with Crippen molar-refractivity contribution in [2.24, 2.45) is 0 Å². The van der Waals surface area contributed by atoms with E-state index in [2.05, 4.69) is 33.4 Å². The number of hydrogen-bond donors (Lipinski definition) is 0. The topological polar surface area (TPSA) is 13.0 Å². The SMILES string of the molecule is CCN1CCN2CCCN(CC1)CCN(CC)CC2. The van der Waals surface area contributed by atoms with E-state index >= 15 is 0 Å². The maximum atomic E-state index is 2.68. The number of nitrogens with zero attached hydrogens (tertiary/aromatic N) is 4. The molecule has 0 N–H and O–H groups in total. The third-order valence-corrected chi connectivity index (χ3v) is 4.77. The van der Waals surface area contributed by atoms with Gasteiger partial charge in [-0.2, -0.15) is 0 Å². The zero-order valence-corrected chi connectivity index (χ0v) is 13.0. The lowest BCUT2D eigenvalue weighted by Gasteiger charge is -2.36. The molecule has 2 aliphatic rings. The molecule has 2 aliphatic heterocycles. The molecule has 2 saturated heterocycles. The highest BCUT2D eigenvalue weighted by molar-refractivity contribution is 4.73. The Labute approximate surface area is 119 Å². The number of fused-ring (bicyclic) bond motifs is 4. The van der Waals surface area contributed by atoms with Gasteiger partial charge in [0.1, 0.15) is 0 Å². The van der Waals surface area contributed by atoms with Crippen LogP contribution in [0.1, 0.15) is 20.3 Å². The van der Waals surface area contributed by atoms with E-state index in [4.69, 9.17) is 0 Å². The lowest BCUT2D eigenvalue weighted by Crippen LogP contribution is -2.48. The van der Waals surface area contributed by atoms with Gasteiger partial charge in [-0.05, 0) is 32.6 Å². The smallest absolute Gasteiger partial charge is 0.0110 e. The second kappa shape index (κ2) is 8.20. The van der Waals surface area contributed by atoms with Gasteiger partial charge < -0.3 is 19.6 Å². The molecule has 0 unspecified atom stereocenters. The normalized spacial score (nSPS) is 32.5. The molecule has 0 aromatic rings. The van der Waals surface area contributed by atoms with Crippen molar-refractivity contribution in [2.45, 2.75) is 20.3 Å². The van der Waals surface area contributed by atoms with Gasteiger partial charge in [0.05, 0.1) is 0 Å². The standard InChI is InChI=1S/C15H32N4/c1-3-16-8-12-18-6-5-7-19(13-9-16)15-11-17(4-2)10-14-18/h3-15H2,1-2H3. The van der Waals surface area contributed by atoms with Gasteiger partial charge in [-0.25, -0.2) is 0 Å². The van der Waals surface area contributed by atoms with Gasteiger partial charge in [0, 0.05) is 52.4 Å². The zero-order chi connectivity index (χ0) is 13.5. The van der Waals surface area contributed by atoms with Crippen molar-refractivity contribution in [3.8, 4) is 0 Å². The Morgan fingerprint density at radius 2 is 0.895 bits per heavy atom. The first kappa shape index (κ1) is 15.2. The largest absolute Gasteiger partial charge is 0.301 e. The third kappa shape index (κ3) is 5.03. The van der Waals surface area contributed by atoms with Gasteiger partial charge in [0.2, 0.25) is 0 Å². The highest BCUT2D eigenvalue weighted by atomic mass is 15.3. The first-order valence-electron chi connectivity index (χ1n) is 8.21. The molecule has 2 rings (SSSR count). The van der Waals surface area contributed by atoms with Crippen LogP contribution in [0.5, 0.6) is 0 Å². The van der Waals surface area contributed by atoms with Crippen LogP contribution in [-0.2, 0) is 0 Å². The highest BCUT2D eigenvalue weighted by Gasteiger charge is 2.17. The maximum Gasteiger partial charge on any atom is 0.0110 e. The second-order valence-electron chi connectivity index (χ2n) is 5.91. The predicted octanol–water partition coefficient (Wildman–Crippen LogP) is 0.652. The highest BCUT2D eigenvalue weighted by Crippen LogP contribution is 2.05. The summed E-state index contributed by atoms with van der Waals surface area (Å²) in [7, 11) is 0. The molecular weight excluding hydrogens is 236 g/mol. The number of rotatable bonds is 2. The van der Waals surface area contributed by atoms with Crippen LogP contribution in [0.15, 0.2) is 0 Å². The molecule has 19 heavy (non-hydrogen) atoms. The number of likely N-dealkylation sites (N-methyl/N-ethyl adjacent to an activating group) is 2. The van der Waals surface area contributed by atoms with E-state index in [9.17, 15) is 0 Å². The average Bonchev–Trinajstić information content (AvgIpc) is 2.45. The Morgan fingerprint density at radius 3 is 1.21 bits per heavy atom. The van der Waals surface area contributed by atoms with Crippen LogP contribution in [-0.4, -0.2) is 98.1 Å². The van der Waals surface area contributed by atoms with Crippen LogP contribution >= 0.6 is 0 Å². The molecule has 0 aromatic carbocycles. The van der Waals surface area contributed by atoms with Gasteiger partial charge in [-0.1, -0.05) is 13.8 Å². The van der Waals surface area contributed by atoms with Gasteiger partial charge in [0.25, 0.3) is 0 Å². The Balaban J connectivity index is 2.00. The Morgan fingerprint density at radius 1 is 0.526 bits per heavy atom. The fraction of sp³-hybridized carbons (Fsp3) is 1.00. The molecule has 0 spiro atoms. The molecule has 0 atom stereocenters. The molecule has 2 fully saturated rings. The van der Waals surface area contributed by atoms with Crippen molar-refractivity contribution < 1.29 is 0 Å². The van der Waals surface area contributed by atoms with Gasteiger partial charge in [0.15, 0.2) is 0 Å². The molecule has 2 heterocycles. The van der Waals surface area contributed by atoms with Crippen molar-refractivity contribution in [1.82, 2.24) is 19.6 Å². The Hall–Kier alpha value is -0.160. The van der Waals surface area contributed by atoms with E-state index in [0.717, 1.165) is 0 Å². The van der Waals surface area contributed by atoms with Crippen molar-refractivity contribution in [3.05, 3.63) is 0 Å². The monoisotopic (exact) mass is 268 g/mol. The molecule has 4 heteroatoms. The van der Waals surface area contributed by atoms with E-state index in [0.29, 0.717) is 0 Å². The van der Waals surface area contributed by atoms with E-state index in [1.54, 1.807) is 0 Å². The molecule has 0 aliphatic carbocycles. The average molecular weight is 268 g/mol. The summed E-state index contributed by atoms with van der Waals surface area (Å²) in [5.41, 5.74) is 0. The van der Waals surface area contributed by atoms with E-state index in [1.807, 2.05) is 0 Å². The molecule has 2 bridgehead atoms. The molecule has 0 aromatic heterocycles. The summed E-state index contributed by atoms with van der Waals surface area (Å²) in [6.07, 6.45) is 1.35. The van der Waals surface area contributed by atoms with Crippen molar-refractivity contribution in [2.75, 3.05) is 78.5 Å². The van der Waals surface area contributed by atoms with Crippen molar-refractivity contribution in [3.63, 3.8) is 0 Å². The molecule has 0 amide bonds. The van der Waals surface area contributed by atoms with Crippen LogP contribution in [0, 0.1) is 0 Å². The molecule has 0 saturated carbocycles. The molecule has 4 nitrogen and oxygen atoms in total. The van der Waals surface area contributed by atoms with Crippen LogP contribution in [0.4, 0.5) is 0 Å². The van der Waals surface area contributed by atoms with Crippen LogP contribution in [0.3, 0.4) is 0 Å². The van der Waals surface area contributed by atoms with Gasteiger partial charge in [-0.15, -0.1) is 0 Å². The summed E-state index contributed by atoms with van der Waals surface area (Å²) in [6.45, 7) is 19.6. The third-order valence-electron chi connectivity index (χ3n) is 4.77. The zero-order valence-electron chi connectivity index (χ0n) is 13.0. The molecule has 112 valence electrons. The first-order chi connectivity index (χ1) is 9.31. The maximum absolute atomic E-state index is 2.68. The summed E-state index contributed by atoms with van der Waals surface area (Å²) in [6, 6.07) is 0. The molecular formula is C15H32N4. The second-order valence-corrected chi connectivity index (χ2v) is 5.91. The fourth-order valence-corrected chi connectivity index (χ4v) is 3.18. The van der Waals surface area contributed by atoms with Gasteiger partial charge >= 0.3 is 0 Å². The minimum Gasteiger partial charge on any atom is -0.301 e. The summed E-state index contributed by atoms with van der Waals surface area (Å²) in [4.78, 5) is 10.6. The van der Waals surface area contributed by atoms with Gasteiger partial charge in [-0.3, -0.25) is 0 Å². The summed E-state index contributed by atoms with van der Waals surface area (Å²) in [5, 5.41) is 0. The van der Waals surface area contributed by atoms with E-state index in [-0.39, 0.29) is 0 Å². The molecule has 0 radical (unpaired) electrons. The Bertz CT molecular complexity index is 206. The number of hydrogen-bond acceptors (Lipinski definition) is 4. The minimum atomic E-state index is 1.20. The summed E-state index contributed by atoms with van der Waals surface area (Å²) < 4.78 is 0. The van der Waals surface area contributed by atoms with E-state index in [1.165, 1.54) is 85.0 Å². The van der Waals surface area contributed by atoms with Crippen LogP contribution in [0.25, 0.3) is 0 Å². The fourth-order valence-electron chi connectivity index (χ4n) is 3.18. The first-order valence-corrected chi connectivity index (χ1v) is 8.21. The summed E-state index contributed by atoms with van der Waals surface area (Å²) in [5.74, 6) is 0. The van der Waals surface area contributed by atoms with Crippen LogP contribution < -0.4 is 0 Å². The van der Waals surface area contributed by atoms with E-state index < -0.39 is 0 Å². The summed E-state index contributed by atoms with van der Waals surface area (Å²) >= 11 is 0. The lowest BCUT2D eigenvalue weighted by atomic mass is 10.2. The van der Waals surface area contributed by atoms with Crippen molar-refractivity contribution in [1.29, 1.82) is 0 Å². The quantitative estimate of drug-likeness (QED) is 0.729. The lowest BCUT2D eigenvalue weighted by molar-refractivity contribution is 0.114. The van der Waals surface area contributed by atoms with Crippen LogP contribution in [0.2, 0.25) is 0 Å².